The zero-order chi connectivity index (χ0) is 20.7. The number of rotatable bonds is 16. The van der Waals surface area contributed by atoms with Gasteiger partial charge in [-0.25, -0.2) is 0 Å². The molecule has 0 aliphatic carbocycles. The predicted octanol–water partition coefficient (Wildman–Crippen LogP) is 3.23. The number of ether oxygens (including phenoxy) is 1. The third-order valence-electron chi connectivity index (χ3n) is 3.89. The Bertz CT molecular complexity index is 481. The van der Waals surface area contributed by atoms with E-state index in [2.05, 4.69) is 0 Å². The van der Waals surface area contributed by atoms with E-state index in [9.17, 15) is 14.4 Å². The molecule has 0 aromatic heterocycles. The number of nitrogens with zero attached hydrogens (tertiary/aromatic N) is 1. The van der Waals surface area contributed by atoms with Crippen molar-refractivity contribution in [1.29, 1.82) is 0 Å². The Morgan fingerprint density at radius 2 is 1.44 bits per heavy atom. The molecule has 0 aliphatic rings. The Kier molecular flexibility index (Phi) is 13.2. The first-order chi connectivity index (χ1) is 12.6. The number of likely N-dealkylation sites (N-methyl/N-ethyl adjacent to an activating group) is 1. The van der Waals surface area contributed by atoms with Crippen LogP contribution in [0, 0.1) is 0 Å². The van der Waals surface area contributed by atoms with Gasteiger partial charge in [0.1, 0.15) is 6.54 Å². The maximum absolute atomic E-state index is 11.9. The summed E-state index contributed by atoms with van der Waals surface area (Å²) in [6.07, 6.45) is 10.0. The standard InChI is InChI=1S/C20H35NO6/c1-21(2,3)16-17(15-19(24)25)27-20(26)14-12-10-8-6-4-5-7-9-11-13-18(22)23/h7,9,17H,4-6,8,10-16H2,1-3H3,(H-,22,23,24,25)/p+1/b9-7+. The fraction of sp³-hybridized carbons (Fsp3) is 0.750. The second-order valence-electron chi connectivity index (χ2n) is 7.89. The topological polar surface area (TPSA) is 101 Å². The van der Waals surface area contributed by atoms with Crippen LogP contribution in [0.1, 0.15) is 64.2 Å². The molecule has 0 amide bonds. The van der Waals surface area contributed by atoms with Crippen molar-refractivity contribution >= 4 is 17.9 Å². The number of carbonyl (C=O) groups is 3. The van der Waals surface area contributed by atoms with Gasteiger partial charge in [-0.15, -0.1) is 0 Å². The molecule has 0 spiro atoms. The van der Waals surface area contributed by atoms with E-state index in [-0.39, 0.29) is 18.8 Å². The molecule has 0 saturated heterocycles. The molecule has 0 saturated carbocycles. The molecule has 0 fully saturated rings. The van der Waals surface area contributed by atoms with Gasteiger partial charge >= 0.3 is 17.9 Å². The average molecular weight is 387 g/mol. The summed E-state index contributed by atoms with van der Waals surface area (Å²) in [6.45, 7) is 0.470. The van der Waals surface area contributed by atoms with Gasteiger partial charge in [0.05, 0.1) is 27.6 Å². The summed E-state index contributed by atoms with van der Waals surface area (Å²) in [7, 11) is 5.80. The SMILES string of the molecule is C[N+](C)(C)CC(CC(=O)O)OC(=O)CCCCCCC/C=C/CCC(=O)O. The second-order valence-corrected chi connectivity index (χ2v) is 7.89. The zero-order valence-electron chi connectivity index (χ0n) is 17.0. The molecule has 0 aliphatic heterocycles. The Hall–Kier alpha value is -1.89. The number of carboxylic acid groups (broad SMARTS) is 2. The van der Waals surface area contributed by atoms with Gasteiger partial charge in [-0.1, -0.05) is 31.4 Å². The lowest BCUT2D eigenvalue weighted by Crippen LogP contribution is -2.43. The van der Waals surface area contributed by atoms with Crippen molar-refractivity contribution < 1.29 is 33.8 Å². The number of esters is 1. The van der Waals surface area contributed by atoms with E-state index in [0.717, 1.165) is 38.5 Å². The van der Waals surface area contributed by atoms with E-state index in [1.807, 2.05) is 33.3 Å². The van der Waals surface area contributed by atoms with Crippen LogP contribution in [0.4, 0.5) is 0 Å². The minimum absolute atomic E-state index is 0.165. The number of hydrogen-bond donors (Lipinski definition) is 2. The lowest BCUT2D eigenvalue weighted by Gasteiger charge is -2.28. The lowest BCUT2D eigenvalue weighted by molar-refractivity contribution is -0.873. The first-order valence-corrected chi connectivity index (χ1v) is 9.68. The van der Waals surface area contributed by atoms with Crippen LogP contribution in [0.5, 0.6) is 0 Å². The molecule has 0 rings (SSSR count). The number of quaternary nitrogens is 1. The Labute approximate surface area is 162 Å². The molecule has 0 heterocycles. The quantitative estimate of drug-likeness (QED) is 0.183. The number of unbranched alkanes of at least 4 members (excludes halogenated alkanes) is 5. The molecule has 2 N–H and O–H groups in total. The number of carbonyl (C=O) groups excluding carboxylic acids is 1. The van der Waals surface area contributed by atoms with E-state index < -0.39 is 18.0 Å². The van der Waals surface area contributed by atoms with Gasteiger partial charge in [-0.05, 0) is 25.7 Å². The van der Waals surface area contributed by atoms with Gasteiger partial charge in [0.25, 0.3) is 0 Å². The van der Waals surface area contributed by atoms with Crippen LogP contribution in [0.15, 0.2) is 12.2 Å². The zero-order valence-corrected chi connectivity index (χ0v) is 17.0. The normalized spacial score (nSPS) is 12.9. The van der Waals surface area contributed by atoms with Crippen molar-refractivity contribution in [2.75, 3.05) is 27.7 Å². The number of carboxylic acids is 2. The molecule has 7 nitrogen and oxygen atoms in total. The van der Waals surface area contributed by atoms with Crippen molar-refractivity contribution in [3.63, 3.8) is 0 Å². The summed E-state index contributed by atoms with van der Waals surface area (Å²) < 4.78 is 5.89. The highest BCUT2D eigenvalue weighted by Gasteiger charge is 2.24. The molecule has 7 heteroatoms. The summed E-state index contributed by atoms with van der Waals surface area (Å²) in [5.74, 6) is -2.06. The van der Waals surface area contributed by atoms with Crippen molar-refractivity contribution in [2.24, 2.45) is 0 Å². The van der Waals surface area contributed by atoms with Crippen molar-refractivity contribution in [1.82, 2.24) is 0 Å². The van der Waals surface area contributed by atoms with Gasteiger partial charge in [0, 0.05) is 12.8 Å². The molecule has 1 atom stereocenters. The smallest absolute Gasteiger partial charge is 0.307 e. The van der Waals surface area contributed by atoms with Crippen LogP contribution in [-0.4, -0.2) is 66.4 Å². The van der Waals surface area contributed by atoms with Gasteiger partial charge in [-0.2, -0.15) is 0 Å². The minimum atomic E-state index is -0.960. The molecule has 0 bridgehead atoms. The highest BCUT2D eigenvalue weighted by molar-refractivity contribution is 5.71. The molecular weight excluding hydrogens is 350 g/mol. The first kappa shape index (κ1) is 25.1. The number of aliphatic carboxylic acids is 2. The monoisotopic (exact) mass is 386 g/mol. The molecule has 0 radical (unpaired) electrons. The van der Waals surface area contributed by atoms with Crippen LogP contribution in [-0.2, 0) is 19.1 Å². The molecule has 0 aromatic rings. The molecule has 156 valence electrons. The van der Waals surface area contributed by atoms with Crippen LogP contribution >= 0.6 is 0 Å². The highest BCUT2D eigenvalue weighted by atomic mass is 16.5. The van der Waals surface area contributed by atoms with E-state index >= 15 is 0 Å². The Morgan fingerprint density at radius 3 is 2.04 bits per heavy atom. The number of hydrogen-bond acceptors (Lipinski definition) is 4. The number of allylic oxidation sites excluding steroid dienone is 2. The van der Waals surface area contributed by atoms with E-state index in [1.54, 1.807) is 0 Å². The second kappa shape index (κ2) is 14.2. The summed E-state index contributed by atoms with van der Waals surface area (Å²) >= 11 is 0. The fourth-order valence-electron chi connectivity index (χ4n) is 2.70. The van der Waals surface area contributed by atoms with Gasteiger partial charge in [0.15, 0.2) is 6.10 Å². The maximum atomic E-state index is 11.9. The fourth-order valence-corrected chi connectivity index (χ4v) is 2.70. The first-order valence-electron chi connectivity index (χ1n) is 9.68. The largest absolute Gasteiger partial charge is 0.481 e. The third kappa shape index (κ3) is 18.7. The van der Waals surface area contributed by atoms with E-state index in [0.29, 0.717) is 23.9 Å². The summed E-state index contributed by atoms with van der Waals surface area (Å²) in [5.41, 5.74) is 0. The summed E-state index contributed by atoms with van der Waals surface area (Å²) in [6, 6.07) is 0. The van der Waals surface area contributed by atoms with Crippen molar-refractivity contribution in [3.8, 4) is 0 Å². The van der Waals surface area contributed by atoms with Crippen LogP contribution in [0.3, 0.4) is 0 Å². The van der Waals surface area contributed by atoms with Crippen molar-refractivity contribution in [3.05, 3.63) is 12.2 Å². The molecular formula is C20H36NO6+. The molecule has 1 unspecified atom stereocenters. The third-order valence-corrected chi connectivity index (χ3v) is 3.89. The maximum Gasteiger partial charge on any atom is 0.307 e. The van der Waals surface area contributed by atoms with Gasteiger partial charge in [-0.3, -0.25) is 14.4 Å². The lowest BCUT2D eigenvalue weighted by atomic mass is 10.1. The summed E-state index contributed by atoms with van der Waals surface area (Å²) in [5, 5.41) is 17.5. The summed E-state index contributed by atoms with van der Waals surface area (Å²) in [4.78, 5) is 33.2. The van der Waals surface area contributed by atoms with Gasteiger partial charge in [0.2, 0.25) is 0 Å². The van der Waals surface area contributed by atoms with Gasteiger partial charge < -0.3 is 19.4 Å². The van der Waals surface area contributed by atoms with Crippen molar-refractivity contribution in [2.45, 2.75) is 70.3 Å². The highest BCUT2D eigenvalue weighted by Crippen LogP contribution is 2.11. The van der Waals surface area contributed by atoms with Crippen LogP contribution < -0.4 is 0 Å². The van der Waals surface area contributed by atoms with E-state index in [1.165, 1.54) is 0 Å². The van der Waals surface area contributed by atoms with Crippen LogP contribution in [0.25, 0.3) is 0 Å². The van der Waals surface area contributed by atoms with Crippen LogP contribution in [0.2, 0.25) is 0 Å². The molecule has 27 heavy (non-hydrogen) atoms. The molecule has 0 aromatic carbocycles. The Morgan fingerprint density at radius 1 is 0.852 bits per heavy atom. The average Bonchev–Trinajstić information content (AvgIpc) is 2.49. The minimum Gasteiger partial charge on any atom is -0.481 e. The predicted molar refractivity (Wildman–Crippen MR) is 103 cm³/mol. The van der Waals surface area contributed by atoms with E-state index in [4.69, 9.17) is 14.9 Å². The Balaban J connectivity index is 3.79.